The molecular formula is C28H27N7Na2O3+2. The van der Waals surface area contributed by atoms with Crippen molar-refractivity contribution in [1.29, 1.82) is 0 Å². The number of tetrazole rings is 1. The van der Waals surface area contributed by atoms with E-state index in [1.54, 1.807) is 4.90 Å². The second kappa shape index (κ2) is 12.5. The van der Waals surface area contributed by atoms with Crippen LogP contribution in [0.4, 0.5) is 0 Å². The summed E-state index contributed by atoms with van der Waals surface area (Å²) in [4.78, 5) is 31.6. The largest absolute Gasteiger partial charge is 1.00 e. The Balaban J connectivity index is 0.00000185. The number of hydrogen-bond donors (Lipinski definition) is 2. The average molecular weight is 556 g/mol. The van der Waals surface area contributed by atoms with Crippen molar-refractivity contribution in [1.82, 2.24) is 35.1 Å². The standard InChI is InChI=1S/C28H27N7O3.2Na/c1-3-6-22-29-21-13-14-34-25(26(37)23(16(2)36)28(34)38)24(21)35(22)15-17-9-11-18(12-10-17)19-7-4-5-8-20(19)27-30-32-33-31-27;;/h4-5,7-12,25,37H,3,6,13-15H2,1-2H3,(H,30,31,32,33);;/q;2*+1. The number of imidazole rings is 1. The van der Waals surface area contributed by atoms with E-state index in [0.717, 1.165) is 52.3 Å². The first-order valence-corrected chi connectivity index (χ1v) is 12.7. The van der Waals surface area contributed by atoms with Crippen molar-refractivity contribution < 1.29 is 73.8 Å². The first-order chi connectivity index (χ1) is 18.5. The number of amides is 1. The number of aliphatic hydroxyl groups excluding tert-OH is 1. The van der Waals surface area contributed by atoms with Gasteiger partial charge in [-0.1, -0.05) is 55.5 Å². The molecule has 4 heterocycles. The number of aromatic amines is 1. The van der Waals surface area contributed by atoms with Crippen LogP contribution in [0.1, 0.15) is 49.1 Å². The van der Waals surface area contributed by atoms with Crippen molar-refractivity contribution in [2.45, 2.75) is 45.7 Å². The number of aliphatic hydroxyl groups is 1. The summed E-state index contributed by atoms with van der Waals surface area (Å²) in [5, 5.41) is 25.5. The number of rotatable bonds is 7. The van der Waals surface area contributed by atoms with Gasteiger partial charge in [-0.15, -0.1) is 10.2 Å². The average Bonchev–Trinajstić information content (AvgIpc) is 3.63. The van der Waals surface area contributed by atoms with Crippen molar-refractivity contribution in [3.8, 4) is 22.5 Å². The molecule has 40 heavy (non-hydrogen) atoms. The van der Waals surface area contributed by atoms with Gasteiger partial charge in [-0.3, -0.25) is 9.59 Å². The van der Waals surface area contributed by atoms with Crippen LogP contribution in [0.5, 0.6) is 0 Å². The smallest absolute Gasteiger partial charge is 0.509 e. The van der Waals surface area contributed by atoms with Gasteiger partial charge in [-0.05, 0) is 35.2 Å². The number of nitrogens with zero attached hydrogens (tertiary/aromatic N) is 6. The van der Waals surface area contributed by atoms with E-state index in [-0.39, 0.29) is 70.4 Å². The molecule has 0 bridgehead atoms. The van der Waals surface area contributed by atoms with Crippen LogP contribution < -0.4 is 59.1 Å². The normalized spacial score (nSPS) is 15.8. The summed E-state index contributed by atoms with van der Waals surface area (Å²) in [7, 11) is 0. The second-order valence-corrected chi connectivity index (χ2v) is 9.64. The molecule has 1 unspecified atom stereocenters. The molecule has 4 aromatic rings. The second-order valence-electron chi connectivity index (χ2n) is 9.64. The van der Waals surface area contributed by atoms with Crippen molar-refractivity contribution in [3.63, 3.8) is 0 Å². The summed E-state index contributed by atoms with van der Waals surface area (Å²) in [5.41, 5.74) is 5.53. The number of nitrogens with one attached hydrogen (secondary N) is 1. The number of aromatic nitrogens is 6. The van der Waals surface area contributed by atoms with Crippen LogP contribution in [0.25, 0.3) is 22.5 Å². The fourth-order valence-electron chi connectivity index (χ4n) is 5.55. The van der Waals surface area contributed by atoms with Crippen LogP contribution in [0.2, 0.25) is 0 Å². The molecule has 0 fully saturated rings. The Labute approximate surface area is 275 Å². The molecule has 2 aliphatic heterocycles. The molecule has 1 amide bonds. The predicted octanol–water partition coefficient (Wildman–Crippen LogP) is -2.42. The predicted molar refractivity (Wildman–Crippen MR) is 139 cm³/mol. The van der Waals surface area contributed by atoms with Gasteiger partial charge in [0, 0.05) is 31.5 Å². The maximum absolute atomic E-state index is 12.9. The fourth-order valence-corrected chi connectivity index (χ4v) is 5.55. The molecular weight excluding hydrogens is 528 g/mol. The first-order valence-electron chi connectivity index (χ1n) is 12.7. The monoisotopic (exact) mass is 555 g/mol. The molecule has 2 N–H and O–H groups in total. The van der Waals surface area contributed by atoms with Crippen molar-refractivity contribution >= 4 is 11.7 Å². The molecule has 2 aromatic carbocycles. The molecule has 2 aromatic heterocycles. The maximum Gasteiger partial charge on any atom is 1.00 e. The molecule has 192 valence electrons. The Morgan fingerprint density at radius 1 is 1.10 bits per heavy atom. The van der Waals surface area contributed by atoms with E-state index in [1.165, 1.54) is 6.92 Å². The number of carbonyl (C=O) groups is 2. The summed E-state index contributed by atoms with van der Waals surface area (Å²) >= 11 is 0. The van der Waals surface area contributed by atoms with Crippen molar-refractivity contribution in [2.24, 2.45) is 0 Å². The van der Waals surface area contributed by atoms with E-state index < -0.39 is 17.7 Å². The van der Waals surface area contributed by atoms with Gasteiger partial charge in [0.15, 0.2) is 5.78 Å². The third-order valence-corrected chi connectivity index (χ3v) is 7.26. The van der Waals surface area contributed by atoms with Crippen LogP contribution in [0.15, 0.2) is 59.9 Å². The maximum atomic E-state index is 12.9. The fraction of sp³-hybridized carbons (Fsp3) is 0.286. The van der Waals surface area contributed by atoms with Crippen LogP contribution in [-0.2, 0) is 29.0 Å². The van der Waals surface area contributed by atoms with Gasteiger partial charge in [0.2, 0.25) is 5.82 Å². The SMILES string of the molecule is CCCc1nc2c(n1Cc1ccc(-c3ccccc3-c3nn[nH]n3)cc1)C1C(O)=C(C(C)=O)C(=O)N1CC2.[Na+].[Na+]. The molecule has 0 aliphatic carbocycles. The van der Waals surface area contributed by atoms with E-state index in [4.69, 9.17) is 4.98 Å². The molecule has 0 radical (unpaired) electrons. The van der Waals surface area contributed by atoms with Gasteiger partial charge < -0.3 is 14.6 Å². The number of benzene rings is 2. The zero-order chi connectivity index (χ0) is 26.4. The van der Waals surface area contributed by atoms with Gasteiger partial charge in [0.1, 0.15) is 23.2 Å². The molecule has 12 heteroatoms. The Bertz CT molecular complexity index is 1580. The van der Waals surface area contributed by atoms with Gasteiger partial charge in [0.25, 0.3) is 5.91 Å². The van der Waals surface area contributed by atoms with Crippen molar-refractivity contribution in [2.75, 3.05) is 6.54 Å². The van der Waals surface area contributed by atoms with Crippen molar-refractivity contribution in [3.05, 3.63) is 82.6 Å². The number of fused-ring (bicyclic) bond motifs is 3. The van der Waals surface area contributed by atoms with Gasteiger partial charge in [0.05, 0.1) is 11.4 Å². The van der Waals surface area contributed by atoms with Crippen LogP contribution >= 0.6 is 0 Å². The van der Waals surface area contributed by atoms with Crippen LogP contribution in [0, 0.1) is 0 Å². The first kappa shape index (κ1) is 30.4. The Morgan fingerprint density at radius 3 is 2.48 bits per heavy atom. The number of Topliss-reactive ketones (excluding diaryl/α,β-unsaturated/α-hetero) is 1. The molecule has 2 aliphatic rings. The molecule has 1 atom stereocenters. The number of ketones is 1. The van der Waals surface area contributed by atoms with E-state index in [2.05, 4.69) is 56.4 Å². The van der Waals surface area contributed by atoms with Gasteiger partial charge in [-0.25, -0.2) is 4.98 Å². The molecule has 10 nitrogen and oxygen atoms in total. The molecule has 0 saturated carbocycles. The zero-order valence-corrected chi connectivity index (χ0v) is 27.2. The van der Waals surface area contributed by atoms with E-state index in [1.807, 2.05) is 24.3 Å². The minimum absolute atomic E-state index is 0. The van der Waals surface area contributed by atoms with Crippen LogP contribution in [0.3, 0.4) is 0 Å². The quantitative estimate of drug-likeness (QED) is 0.192. The summed E-state index contributed by atoms with van der Waals surface area (Å²) in [6, 6.07) is 15.5. The van der Waals surface area contributed by atoms with Gasteiger partial charge >= 0.3 is 59.1 Å². The number of hydrogen-bond acceptors (Lipinski definition) is 7. The summed E-state index contributed by atoms with van der Waals surface area (Å²) in [5.74, 6) is 0.468. The molecule has 0 spiro atoms. The summed E-state index contributed by atoms with van der Waals surface area (Å²) in [6.07, 6.45) is 2.27. The zero-order valence-electron chi connectivity index (χ0n) is 23.2. The summed E-state index contributed by atoms with van der Waals surface area (Å²) in [6.45, 7) is 4.38. The topological polar surface area (TPSA) is 130 Å². The third-order valence-electron chi connectivity index (χ3n) is 7.26. The number of aryl methyl sites for hydroxylation is 1. The molecule has 0 saturated heterocycles. The van der Waals surface area contributed by atoms with Gasteiger partial charge in [-0.2, -0.15) is 5.21 Å². The Hall–Kier alpha value is -2.60. The Kier molecular flexibility index (Phi) is 9.49. The molecule has 6 rings (SSSR count). The van der Waals surface area contributed by atoms with Crippen LogP contribution in [-0.4, -0.2) is 58.4 Å². The number of carbonyl (C=O) groups excluding carboxylic acids is 2. The Morgan fingerprint density at radius 2 is 1.82 bits per heavy atom. The van der Waals surface area contributed by atoms with E-state index >= 15 is 0 Å². The summed E-state index contributed by atoms with van der Waals surface area (Å²) < 4.78 is 2.12. The minimum Gasteiger partial charge on any atom is -0.509 e. The van der Waals surface area contributed by atoms with E-state index in [9.17, 15) is 14.7 Å². The van der Waals surface area contributed by atoms with E-state index in [0.29, 0.717) is 25.3 Å². The third kappa shape index (κ3) is 5.24. The minimum atomic E-state index is -0.677. The number of H-pyrrole nitrogens is 1.